The fourth-order valence-corrected chi connectivity index (χ4v) is 4.03. The van der Waals surface area contributed by atoms with Gasteiger partial charge in [0.05, 0.1) is 22.8 Å². The van der Waals surface area contributed by atoms with Gasteiger partial charge in [0.1, 0.15) is 0 Å². The smallest absolute Gasteiger partial charge is 0.255 e. The minimum Gasteiger partial charge on any atom is -0.384 e. The third-order valence-electron chi connectivity index (χ3n) is 3.43. The van der Waals surface area contributed by atoms with Crippen molar-refractivity contribution in [2.24, 2.45) is 0 Å². The van der Waals surface area contributed by atoms with Crippen LogP contribution < -0.4 is 10.6 Å². The van der Waals surface area contributed by atoms with Crippen LogP contribution in [0.2, 0.25) is 0 Å². The first-order valence-corrected chi connectivity index (χ1v) is 9.03. The van der Waals surface area contributed by atoms with E-state index in [1.54, 1.807) is 12.3 Å². The fraction of sp³-hybridized carbons (Fsp3) is 0.571. The van der Waals surface area contributed by atoms with Crippen molar-refractivity contribution in [2.45, 2.75) is 32.2 Å². The molecule has 1 aliphatic heterocycles. The molecule has 0 bridgehead atoms. The molecule has 1 aromatic heterocycles. The van der Waals surface area contributed by atoms with Gasteiger partial charge in [-0.15, -0.1) is 0 Å². The average molecular weight is 311 g/mol. The van der Waals surface area contributed by atoms with E-state index in [4.69, 9.17) is 0 Å². The Morgan fingerprint density at radius 3 is 3.00 bits per heavy atom. The van der Waals surface area contributed by atoms with Gasteiger partial charge in [0, 0.05) is 25.0 Å². The van der Waals surface area contributed by atoms with Crippen molar-refractivity contribution in [3.05, 3.63) is 24.0 Å². The number of hydrogen-bond donors (Lipinski definition) is 2. The summed E-state index contributed by atoms with van der Waals surface area (Å²) in [4.78, 5) is 16.3. The highest BCUT2D eigenvalue weighted by Crippen LogP contribution is 2.16. The van der Waals surface area contributed by atoms with Crippen molar-refractivity contribution in [2.75, 3.05) is 23.4 Å². The molecular formula is C14H21N3O3S. The van der Waals surface area contributed by atoms with Crippen LogP contribution in [0.1, 0.15) is 36.5 Å². The third-order valence-corrected chi connectivity index (χ3v) is 5.25. The summed E-state index contributed by atoms with van der Waals surface area (Å²) in [5.41, 5.74) is 1.18. The standard InChI is InChI=1S/C14H21N3O3S/c1-2-6-16-13-5-7-15-9-12(13)14(18)17-11-4-3-8-21(19,20)10-11/h5,7,9,11H,2-4,6,8,10H2,1H3,(H,15,16)(H,17,18). The van der Waals surface area contributed by atoms with E-state index in [0.717, 1.165) is 18.7 Å². The third kappa shape index (κ3) is 4.42. The zero-order valence-electron chi connectivity index (χ0n) is 12.1. The van der Waals surface area contributed by atoms with Crippen LogP contribution in [0, 0.1) is 0 Å². The highest BCUT2D eigenvalue weighted by molar-refractivity contribution is 7.91. The summed E-state index contributed by atoms with van der Waals surface area (Å²) >= 11 is 0. The first kappa shape index (κ1) is 15.8. The van der Waals surface area contributed by atoms with Crippen molar-refractivity contribution in [3.63, 3.8) is 0 Å². The largest absolute Gasteiger partial charge is 0.384 e. The number of pyridine rings is 1. The lowest BCUT2D eigenvalue weighted by Crippen LogP contribution is -2.43. The summed E-state index contributed by atoms with van der Waals surface area (Å²) in [7, 11) is -3.03. The second-order valence-electron chi connectivity index (χ2n) is 5.28. The molecular weight excluding hydrogens is 290 g/mol. The maximum atomic E-state index is 12.3. The van der Waals surface area contributed by atoms with Gasteiger partial charge in [0.15, 0.2) is 9.84 Å². The van der Waals surface area contributed by atoms with Gasteiger partial charge in [-0.25, -0.2) is 8.42 Å². The van der Waals surface area contributed by atoms with Crippen molar-refractivity contribution in [1.82, 2.24) is 10.3 Å². The lowest BCUT2D eigenvalue weighted by molar-refractivity contribution is 0.0938. The van der Waals surface area contributed by atoms with Crippen molar-refractivity contribution in [3.8, 4) is 0 Å². The van der Waals surface area contributed by atoms with Crippen LogP contribution in [0.5, 0.6) is 0 Å². The van der Waals surface area contributed by atoms with Crippen LogP contribution in [0.15, 0.2) is 18.5 Å². The molecule has 2 N–H and O–H groups in total. The Labute approximate surface area is 125 Å². The number of carbonyl (C=O) groups excluding carboxylic acids is 1. The maximum Gasteiger partial charge on any atom is 0.255 e. The number of hydrogen-bond acceptors (Lipinski definition) is 5. The van der Waals surface area contributed by atoms with Crippen molar-refractivity contribution in [1.29, 1.82) is 0 Å². The number of carbonyl (C=O) groups is 1. The molecule has 0 saturated carbocycles. The SMILES string of the molecule is CCCNc1ccncc1C(=O)NC1CCCS(=O)(=O)C1. The molecule has 0 aliphatic carbocycles. The molecule has 116 valence electrons. The molecule has 21 heavy (non-hydrogen) atoms. The molecule has 2 rings (SSSR count). The average Bonchev–Trinajstić information content (AvgIpc) is 2.44. The molecule has 1 fully saturated rings. The van der Waals surface area contributed by atoms with Crippen LogP contribution in [0.4, 0.5) is 5.69 Å². The minimum atomic E-state index is -3.03. The predicted octanol–water partition coefficient (Wildman–Crippen LogP) is 1.21. The van der Waals surface area contributed by atoms with Crippen LogP contribution in [0.25, 0.3) is 0 Å². The number of amides is 1. The first-order chi connectivity index (χ1) is 10.0. The van der Waals surface area contributed by atoms with Gasteiger partial charge >= 0.3 is 0 Å². The van der Waals surface area contributed by atoms with Crippen LogP contribution in [0.3, 0.4) is 0 Å². The summed E-state index contributed by atoms with van der Waals surface area (Å²) in [5, 5.41) is 5.99. The summed E-state index contributed by atoms with van der Waals surface area (Å²) in [6.45, 7) is 2.81. The molecule has 7 heteroatoms. The molecule has 0 aromatic carbocycles. The molecule has 1 aliphatic rings. The second kappa shape index (κ2) is 6.89. The van der Waals surface area contributed by atoms with Gasteiger partial charge in [0.2, 0.25) is 0 Å². The summed E-state index contributed by atoms with van der Waals surface area (Å²) in [6.07, 6.45) is 5.37. The molecule has 1 aromatic rings. The van der Waals surface area contributed by atoms with E-state index in [-0.39, 0.29) is 23.5 Å². The van der Waals surface area contributed by atoms with Crippen LogP contribution in [-0.4, -0.2) is 43.4 Å². The molecule has 2 heterocycles. The zero-order chi connectivity index (χ0) is 15.3. The lowest BCUT2D eigenvalue weighted by Gasteiger charge is -2.23. The Hall–Kier alpha value is -1.63. The van der Waals surface area contributed by atoms with Gasteiger partial charge < -0.3 is 10.6 Å². The number of nitrogens with zero attached hydrogens (tertiary/aromatic N) is 1. The molecule has 6 nitrogen and oxygen atoms in total. The Morgan fingerprint density at radius 1 is 1.48 bits per heavy atom. The number of rotatable bonds is 5. The van der Waals surface area contributed by atoms with E-state index < -0.39 is 9.84 Å². The van der Waals surface area contributed by atoms with Crippen LogP contribution in [-0.2, 0) is 9.84 Å². The van der Waals surface area contributed by atoms with Gasteiger partial charge in [-0.3, -0.25) is 9.78 Å². The molecule has 1 unspecified atom stereocenters. The molecule has 1 saturated heterocycles. The normalized spacial score (nSPS) is 20.7. The van der Waals surface area contributed by atoms with Crippen LogP contribution >= 0.6 is 0 Å². The Balaban J connectivity index is 2.06. The summed E-state index contributed by atoms with van der Waals surface area (Å²) in [5.74, 6) is -0.0319. The highest BCUT2D eigenvalue weighted by atomic mass is 32.2. The molecule has 0 radical (unpaired) electrons. The topological polar surface area (TPSA) is 88.2 Å². The molecule has 1 atom stereocenters. The summed E-state index contributed by atoms with van der Waals surface area (Å²) < 4.78 is 23.2. The van der Waals surface area contributed by atoms with Gasteiger partial charge in [-0.05, 0) is 25.3 Å². The maximum absolute atomic E-state index is 12.3. The Bertz CT molecular complexity index is 601. The fourth-order valence-electron chi connectivity index (χ4n) is 2.39. The first-order valence-electron chi connectivity index (χ1n) is 7.21. The Morgan fingerprint density at radius 2 is 2.29 bits per heavy atom. The zero-order valence-corrected chi connectivity index (χ0v) is 12.9. The van der Waals surface area contributed by atoms with E-state index in [1.807, 2.05) is 6.92 Å². The highest BCUT2D eigenvalue weighted by Gasteiger charge is 2.26. The van der Waals surface area contributed by atoms with Gasteiger partial charge in [-0.2, -0.15) is 0 Å². The van der Waals surface area contributed by atoms with E-state index in [0.29, 0.717) is 18.4 Å². The second-order valence-corrected chi connectivity index (χ2v) is 7.50. The van der Waals surface area contributed by atoms with Gasteiger partial charge in [-0.1, -0.05) is 6.92 Å². The van der Waals surface area contributed by atoms with Gasteiger partial charge in [0.25, 0.3) is 5.91 Å². The van der Waals surface area contributed by atoms with E-state index in [9.17, 15) is 13.2 Å². The number of sulfone groups is 1. The number of aromatic nitrogens is 1. The van der Waals surface area contributed by atoms with E-state index in [2.05, 4.69) is 15.6 Å². The van der Waals surface area contributed by atoms with Crippen molar-refractivity contribution >= 4 is 21.4 Å². The quantitative estimate of drug-likeness (QED) is 0.853. The van der Waals surface area contributed by atoms with E-state index in [1.165, 1.54) is 6.20 Å². The monoisotopic (exact) mass is 311 g/mol. The minimum absolute atomic E-state index is 0.0245. The lowest BCUT2D eigenvalue weighted by atomic mass is 10.1. The van der Waals surface area contributed by atoms with E-state index >= 15 is 0 Å². The number of nitrogens with one attached hydrogen (secondary N) is 2. The Kier molecular flexibility index (Phi) is 5.17. The molecule has 1 amide bonds. The predicted molar refractivity (Wildman–Crippen MR) is 82.2 cm³/mol. The van der Waals surface area contributed by atoms with Crippen molar-refractivity contribution < 1.29 is 13.2 Å². The number of anilines is 1. The summed E-state index contributed by atoms with van der Waals surface area (Å²) in [6, 6.07) is 1.44. The molecule has 0 spiro atoms.